The Morgan fingerprint density at radius 2 is 2.05 bits per heavy atom. The quantitative estimate of drug-likeness (QED) is 0.868. The molecule has 112 valence electrons. The molecule has 0 aromatic carbocycles. The van der Waals surface area contributed by atoms with E-state index < -0.39 is 0 Å². The summed E-state index contributed by atoms with van der Waals surface area (Å²) in [6, 6.07) is 2.10. The van der Waals surface area contributed by atoms with Gasteiger partial charge in [0.15, 0.2) is 0 Å². The molecule has 3 N–H and O–H groups in total. The van der Waals surface area contributed by atoms with Crippen molar-refractivity contribution >= 4 is 5.69 Å². The Hall–Kier alpha value is -1.13. The van der Waals surface area contributed by atoms with Gasteiger partial charge in [0.1, 0.15) is 0 Å². The lowest BCUT2D eigenvalue weighted by Gasteiger charge is -2.46. The summed E-state index contributed by atoms with van der Waals surface area (Å²) >= 11 is 0. The average molecular weight is 276 g/mol. The van der Waals surface area contributed by atoms with Crippen molar-refractivity contribution in [3.8, 4) is 0 Å². The third kappa shape index (κ3) is 3.13. The average Bonchev–Trinajstić information content (AvgIpc) is 2.46. The molecule has 0 bridgehead atoms. The summed E-state index contributed by atoms with van der Waals surface area (Å²) in [5.74, 6) is 0. The normalized spacial score (nSPS) is 18.9. The highest BCUT2D eigenvalue weighted by atomic mass is 15.2. The van der Waals surface area contributed by atoms with Gasteiger partial charge in [0, 0.05) is 29.2 Å². The number of anilines is 1. The summed E-state index contributed by atoms with van der Waals surface area (Å²) in [7, 11) is 0. The Kier molecular flexibility index (Phi) is 5.00. The van der Waals surface area contributed by atoms with Gasteiger partial charge in [-0.05, 0) is 52.4 Å². The van der Waals surface area contributed by atoms with Gasteiger partial charge in [-0.1, -0.05) is 13.3 Å². The van der Waals surface area contributed by atoms with Gasteiger partial charge in [0.2, 0.25) is 0 Å². The number of rotatable bonds is 5. The maximum atomic E-state index is 6.18. The van der Waals surface area contributed by atoms with Gasteiger partial charge >= 0.3 is 0 Å². The largest absolute Gasteiger partial charge is 0.398 e. The fourth-order valence-electron chi connectivity index (χ4n) is 3.26. The molecule has 0 spiro atoms. The third-order valence-electron chi connectivity index (χ3n) is 4.48. The molecule has 1 fully saturated rings. The predicted octanol–water partition coefficient (Wildman–Crippen LogP) is 2.58. The second-order valence-electron chi connectivity index (χ2n) is 6.20. The van der Waals surface area contributed by atoms with Crippen LogP contribution in [0.3, 0.4) is 0 Å². The molecule has 1 aromatic rings. The molecule has 1 aliphatic rings. The number of pyridine rings is 1. The standard InChI is InChI=1S/C16H28N4/c1-4-19-15(13-12-18-9-8-14(13)17)16(2,3)20-10-6-5-7-11-20/h8-9,12,15,19H,4-7,10-11H2,1-3H3,(H2,17,18). The second-order valence-corrected chi connectivity index (χ2v) is 6.20. The molecule has 4 heteroatoms. The number of nitrogens with zero attached hydrogens (tertiary/aromatic N) is 2. The van der Waals surface area contributed by atoms with Crippen LogP contribution in [0.2, 0.25) is 0 Å². The van der Waals surface area contributed by atoms with E-state index in [1.165, 1.54) is 32.4 Å². The molecule has 1 atom stereocenters. The molecule has 2 heterocycles. The van der Waals surface area contributed by atoms with Crippen LogP contribution in [0, 0.1) is 0 Å². The van der Waals surface area contributed by atoms with Crippen LogP contribution >= 0.6 is 0 Å². The number of nitrogens with one attached hydrogen (secondary N) is 1. The minimum atomic E-state index is 0.0353. The van der Waals surface area contributed by atoms with Gasteiger partial charge < -0.3 is 11.1 Å². The first-order valence-electron chi connectivity index (χ1n) is 7.75. The minimum absolute atomic E-state index is 0.0353. The first-order chi connectivity index (χ1) is 9.57. The lowest BCUT2D eigenvalue weighted by Crippen LogP contribution is -2.54. The zero-order chi connectivity index (χ0) is 14.6. The highest BCUT2D eigenvalue weighted by Crippen LogP contribution is 2.35. The third-order valence-corrected chi connectivity index (χ3v) is 4.48. The molecule has 1 aromatic heterocycles. The molecular weight excluding hydrogens is 248 g/mol. The fraction of sp³-hybridized carbons (Fsp3) is 0.688. The lowest BCUT2D eigenvalue weighted by molar-refractivity contribution is 0.0614. The van der Waals surface area contributed by atoms with Crippen molar-refractivity contribution in [1.82, 2.24) is 15.2 Å². The van der Waals surface area contributed by atoms with Gasteiger partial charge in [-0.2, -0.15) is 0 Å². The number of likely N-dealkylation sites (tertiary alicyclic amines) is 1. The number of likely N-dealkylation sites (N-methyl/N-ethyl adjacent to an activating group) is 1. The van der Waals surface area contributed by atoms with Crippen LogP contribution in [0.4, 0.5) is 5.69 Å². The van der Waals surface area contributed by atoms with E-state index in [-0.39, 0.29) is 11.6 Å². The zero-order valence-electron chi connectivity index (χ0n) is 13.0. The monoisotopic (exact) mass is 276 g/mol. The van der Waals surface area contributed by atoms with E-state index in [1.54, 1.807) is 6.20 Å². The van der Waals surface area contributed by atoms with Crippen LogP contribution in [0.1, 0.15) is 51.6 Å². The van der Waals surface area contributed by atoms with Gasteiger partial charge in [-0.25, -0.2) is 0 Å². The molecular formula is C16H28N4. The predicted molar refractivity (Wildman–Crippen MR) is 84.6 cm³/mol. The molecule has 0 saturated carbocycles. The van der Waals surface area contributed by atoms with Gasteiger partial charge in [0.25, 0.3) is 0 Å². The van der Waals surface area contributed by atoms with E-state index in [1.807, 2.05) is 12.3 Å². The topological polar surface area (TPSA) is 54.2 Å². The van der Waals surface area contributed by atoms with Crippen molar-refractivity contribution in [3.05, 3.63) is 24.0 Å². The van der Waals surface area contributed by atoms with Crippen LogP contribution in [-0.4, -0.2) is 35.1 Å². The molecule has 0 amide bonds. The summed E-state index contributed by atoms with van der Waals surface area (Å²) in [5.41, 5.74) is 8.16. The smallest absolute Gasteiger partial charge is 0.0537 e. The summed E-state index contributed by atoms with van der Waals surface area (Å²) < 4.78 is 0. The van der Waals surface area contributed by atoms with E-state index in [9.17, 15) is 0 Å². The highest BCUT2D eigenvalue weighted by molar-refractivity contribution is 5.47. The van der Waals surface area contributed by atoms with E-state index in [2.05, 4.69) is 36.0 Å². The van der Waals surface area contributed by atoms with Crippen molar-refractivity contribution < 1.29 is 0 Å². The summed E-state index contributed by atoms with van der Waals surface area (Å²) in [6.07, 6.45) is 7.62. The number of aromatic nitrogens is 1. The van der Waals surface area contributed by atoms with Crippen molar-refractivity contribution in [3.63, 3.8) is 0 Å². The molecule has 2 rings (SSSR count). The number of nitrogen functional groups attached to an aromatic ring is 1. The van der Waals surface area contributed by atoms with E-state index in [0.717, 1.165) is 17.8 Å². The molecule has 1 saturated heterocycles. The molecule has 4 nitrogen and oxygen atoms in total. The van der Waals surface area contributed by atoms with Crippen molar-refractivity contribution in [1.29, 1.82) is 0 Å². The van der Waals surface area contributed by atoms with Crippen molar-refractivity contribution in [2.24, 2.45) is 0 Å². The Morgan fingerprint density at radius 1 is 1.35 bits per heavy atom. The molecule has 1 unspecified atom stereocenters. The van der Waals surface area contributed by atoms with E-state index >= 15 is 0 Å². The van der Waals surface area contributed by atoms with Crippen LogP contribution < -0.4 is 11.1 Å². The minimum Gasteiger partial charge on any atom is -0.398 e. The van der Waals surface area contributed by atoms with Crippen LogP contribution in [0.25, 0.3) is 0 Å². The van der Waals surface area contributed by atoms with Crippen molar-refractivity contribution in [2.75, 3.05) is 25.4 Å². The van der Waals surface area contributed by atoms with Crippen LogP contribution in [0.15, 0.2) is 18.5 Å². The van der Waals surface area contributed by atoms with Crippen LogP contribution in [0.5, 0.6) is 0 Å². The number of nitrogens with two attached hydrogens (primary N) is 1. The summed E-state index contributed by atoms with van der Waals surface area (Å²) in [6.45, 7) is 10.1. The lowest BCUT2D eigenvalue weighted by atomic mass is 9.85. The molecule has 1 aliphatic heterocycles. The number of hydrogen-bond acceptors (Lipinski definition) is 4. The summed E-state index contributed by atoms with van der Waals surface area (Å²) in [5, 5.41) is 3.62. The molecule has 0 radical (unpaired) electrons. The number of hydrogen-bond donors (Lipinski definition) is 2. The SMILES string of the molecule is CCNC(c1cnccc1N)C(C)(C)N1CCCCC1. The first-order valence-corrected chi connectivity index (χ1v) is 7.75. The van der Waals surface area contributed by atoms with Crippen molar-refractivity contribution in [2.45, 2.75) is 51.6 Å². The first kappa shape index (κ1) is 15.3. The Morgan fingerprint density at radius 3 is 2.65 bits per heavy atom. The van der Waals surface area contributed by atoms with Gasteiger partial charge in [0.05, 0.1) is 6.04 Å². The Bertz CT molecular complexity index is 424. The second kappa shape index (κ2) is 6.55. The summed E-state index contributed by atoms with van der Waals surface area (Å²) in [4.78, 5) is 6.86. The zero-order valence-corrected chi connectivity index (χ0v) is 13.0. The maximum Gasteiger partial charge on any atom is 0.0537 e. The van der Waals surface area contributed by atoms with Gasteiger partial charge in [-0.3, -0.25) is 9.88 Å². The maximum absolute atomic E-state index is 6.18. The number of piperidine rings is 1. The highest BCUT2D eigenvalue weighted by Gasteiger charge is 2.37. The van der Waals surface area contributed by atoms with E-state index in [0.29, 0.717) is 0 Å². The Labute approximate surface area is 122 Å². The fourth-order valence-corrected chi connectivity index (χ4v) is 3.26. The molecule has 0 aliphatic carbocycles. The van der Waals surface area contributed by atoms with Crippen LogP contribution in [-0.2, 0) is 0 Å². The Balaban J connectivity index is 2.29. The molecule has 20 heavy (non-hydrogen) atoms. The van der Waals surface area contributed by atoms with Gasteiger partial charge in [-0.15, -0.1) is 0 Å². The van der Waals surface area contributed by atoms with E-state index in [4.69, 9.17) is 5.73 Å².